The third-order valence-corrected chi connectivity index (χ3v) is 3.54. The van der Waals surface area contributed by atoms with Crippen molar-refractivity contribution in [3.63, 3.8) is 0 Å². The molecule has 3 rings (SSSR count). The Bertz CT molecular complexity index is 609. The molecule has 3 nitrogen and oxygen atoms in total. The predicted octanol–water partition coefficient (Wildman–Crippen LogP) is 2.38. The number of hydrogen-bond acceptors (Lipinski definition) is 2. The summed E-state index contributed by atoms with van der Waals surface area (Å²) in [6.45, 7) is 3.49. The quantitative estimate of drug-likeness (QED) is 0.802. The summed E-state index contributed by atoms with van der Waals surface area (Å²) >= 11 is 0. The molecule has 4 heteroatoms. The van der Waals surface area contributed by atoms with Crippen molar-refractivity contribution in [2.24, 2.45) is 0 Å². The van der Waals surface area contributed by atoms with E-state index in [0.29, 0.717) is 25.3 Å². The highest BCUT2D eigenvalue weighted by molar-refractivity contribution is 5.16. The largest absolute Gasteiger partial charge is 0.339 e. The first-order valence-corrected chi connectivity index (χ1v) is 6.69. The molecule has 2 aromatic rings. The fourth-order valence-corrected chi connectivity index (χ4v) is 2.50. The molecule has 1 aromatic carbocycles. The molecule has 1 fully saturated rings. The topological polar surface area (TPSA) is 22.3 Å². The molecule has 104 valence electrons. The maximum Gasteiger partial charge on any atom is 0.253 e. The van der Waals surface area contributed by atoms with Crippen molar-refractivity contribution in [3.8, 4) is 0 Å². The Kier molecular flexibility index (Phi) is 3.51. The molecule has 0 aliphatic carbocycles. The average Bonchev–Trinajstić information content (AvgIpc) is 2.90. The van der Waals surface area contributed by atoms with Crippen LogP contribution in [0.5, 0.6) is 0 Å². The van der Waals surface area contributed by atoms with Crippen LogP contribution in [0.25, 0.3) is 0 Å². The number of aromatic nitrogens is 1. The maximum atomic E-state index is 13.8. The first-order valence-electron chi connectivity index (χ1n) is 6.69. The lowest BCUT2D eigenvalue weighted by molar-refractivity contribution is -0.706. The van der Waals surface area contributed by atoms with E-state index in [1.165, 1.54) is 6.07 Å². The van der Waals surface area contributed by atoms with Crippen molar-refractivity contribution in [2.75, 3.05) is 13.2 Å². The van der Waals surface area contributed by atoms with Crippen molar-refractivity contribution in [2.45, 2.75) is 19.3 Å². The highest BCUT2D eigenvalue weighted by Gasteiger charge is 2.40. The molecule has 0 spiro atoms. The molecule has 0 amide bonds. The molecule has 0 bridgehead atoms. The normalized spacial score (nSPS) is 17.3. The van der Waals surface area contributed by atoms with E-state index in [1.54, 1.807) is 12.1 Å². The minimum absolute atomic E-state index is 0.201. The van der Waals surface area contributed by atoms with Gasteiger partial charge >= 0.3 is 0 Å². The second-order valence-corrected chi connectivity index (χ2v) is 4.95. The van der Waals surface area contributed by atoms with Crippen molar-refractivity contribution in [3.05, 3.63) is 65.7 Å². The first-order chi connectivity index (χ1) is 9.69. The highest BCUT2D eigenvalue weighted by atomic mass is 19.1. The molecule has 1 aromatic heterocycles. The summed E-state index contributed by atoms with van der Waals surface area (Å²) in [5.74, 6) is -0.958. The summed E-state index contributed by atoms with van der Waals surface area (Å²) in [5.41, 5.74) is 1.53. The van der Waals surface area contributed by atoms with Gasteiger partial charge in [0, 0.05) is 19.1 Å². The number of pyridine rings is 1. The van der Waals surface area contributed by atoms with Crippen LogP contribution in [-0.4, -0.2) is 13.2 Å². The zero-order valence-corrected chi connectivity index (χ0v) is 11.4. The average molecular weight is 274 g/mol. The van der Waals surface area contributed by atoms with E-state index in [-0.39, 0.29) is 5.82 Å². The monoisotopic (exact) mass is 274 g/mol. The second-order valence-electron chi connectivity index (χ2n) is 4.95. The van der Waals surface area contributed by atoms with Gasteiger partial charge in [-0.05, 0) is 18.2 Å². The molecular weight excluding hydrogens is 257 g/mol. The fraction of sp³-hybridized carbons (Fsp3) is 0.312. The van der Waals surface area contributed by atoms with Crippen LogP contribution in [0, 0.1) is 5.82 Å². The van der Waals surface area contributed by atoms with Crippen molar-refractivity contribution in [1.82, 2.24) is 0 Å². The Morgan fingerprint density at radius 3 is 2.55 bits per heavy atom. The lowest BCUT2D eigenvalue weighted by Gasteiger charge is -2.20. The summed E-state index contributed by atoms with van der Waals surface area (Å²) in [6.07, 6.45) is 1.91. The maximum absolute atomic E-state index is 13.8. The Balaban J connectivity index is 1.96. The molecule has 2 heterocycles. The SMILES string of the molecule is CC1(c2cccc[n+]2Cc2ccccc2F)OCCO1. The second kappa shape index (κ2) is 5.31. The van der Waals surface area contributed by atoms with Gasteiger partial charge in [-0.25, -0.2) is 4.39 Å². The number of benzene rings is 1. The van der Waals surface area contributed by atoms with Gasteiger partial charge < -0.3 is 9.47 Å². The highest BCUT2D eigenvalue weighted by Crippen LogP contribution is 2.28. The lowest BCUT2D eigenvalue weighted by Crippen LogP contribution is -2.45. The number of ether oxygens (including phenoxy) is 2. The van der Waals surface area contributed by atoms with Crippen LogP contribution in [0.3, 0.4) is 0 Å². The molecule has 0 radical (unpaired) electrons. The molecule has 0 N–H and O–H groups in total. The van der Waals surface area contributed by atoms with Crippen LogP contribution in [-0.2, 0) is 21.8 Å². The van der Waals surface area contributed by atoms with Crippen molar-refractivity contribution >= 4 is 0 Å². The molecule has 1 saturated heterocycles. The Morgan fingerprint density at radius 1 is 1.10 bits per heavy atom. The van der Waals surface area contributed by atoms with Crippen LogP contribution in [0.1, 0.15) is 18.2 Å². The predicted molar refractivity (Wildman–Crippen MR) is 71.4 cm³/mol. The van der Waals surface area contributed by atoms with Gasteiger partial charge in [0.05, 0.1) is 18.8 Å². The third-order valence-electron chi connectivity index (χ3n) is 3.54. The smallest absolute Gasteiger partial charge is 0.253 e. The summed E-state index contributed by atoms with van der Waals surface area (Å²) in [7, 11) is 0. The Labute approximate surface area is 117 Å². The summed E-state index contributed by atoms with van der Waals surface area (Å²) in [4.78, 5) is 0. The van der Waals surface area contributed by atoms with E-state index in [9.17, 15) is 4.39 Å². The minimum atomic E-state index is -0.757. The molecular formula is C16H17FNO2+. The lowest BCUT2D eigenvalue weighted by atomic mass is 10.1. The third kappa shape index (κ3) is 2.44. The van der Waals surface area contributed by atoms with Crippen molar-refractivity contribution < 1.29 is 18.4 Å². The van der Waals surface area contributed by atoms with Gasteiger partial charge in [0.1, 0.15) is 5.82 Å². The number of halogens is 1. The molecule has 20 heavy (non-hydrogen) atoms. The Morgan fingerprint density at radius 2 is 1.80 bits per heavy atom. The van der Waals surface area contributed by atoms with Gasteiger partial charge in [-0.2, -0.15) is 4.57 Å². The summed E-state index contributed by atoms with van der Waals surface area (Å²) in [5, 5.41) is 0. The van der Waals surface area contributed by atoms with Gasteiger partial charge in [-0.3, -0.25) is 0 Å². The van der Waals surface area contributed by atoms with Gasteiger partial charge in [0.25, 0.3) is 5.79 Å². The molecule has 0 unspecified atom stereocenters. The molecule has 0 saturated carbocycles. The van der Waals surface area contributed by atoms with E-state index in [1.807, 2.05) is 42.0 Å². The minimum Gasteiger partial charge on any atom is -0.339 e. The van der Waals surface area contributed by atoms with Crippen LogP contribution < -0.4 is 4.57 Å². The standard InChI is InChI=1S/C16H17FNO2/c1-16(19-10-11-20-16)15-8-4-5-9-18(15)12-13-6-2-3-7-14(13)17/h2-9H,10-12H2,1H3/q+1. The Hall–Kier alpha value is -1.78. The van der Waals surface area contributed by atoms with Crippen LogP contribution in [0.2, 0.25) is 0 Å². The zero-order chi connectivity index (χ0) is 14.0. The van der Waals surface area contributed by atoms with Crippen LogP contribution in [0.4, 0.5) is 4.39 Å². The number of nitrogens with zero attached hydrogens (tertiary/aromatic N) is 1. The van der Waals surface area contributed by atoms with E-state index < -0.39 is 5.79 Å². The van der Waals surface area contributed by atoms with Gasteiger partial charge in [0.2, 0.25) is 5.69 Å². The van der Waals surface area contributed by atoms with E-state index in [4.69, 9.17) is 9.47 Å². The molecule has 0 atom stereocenters. The van der Waals surface area contributed by atoms with Crippen molar-refractivity contribution in [1.29, 1.82) is 0 Å². The van der Waals surface area contributed by atoms with Gasteiger partial charge in [-0.1, -0.05) is 12.1 Å². The number of hydrogen-bond donors (Lipinski definition) is 0. The first kappa shape index (κ1) is 13.2. The van der Waals surface area contributed by atoms with Crippen LogP contribution in [0.15, 0.2) is 48.7 Å². The van der Waals surface area contributed by atoms with E-state index in [0.717, 1.165) is 5.69 Å². The van der Waals surface area contributed by atoms with E-state index in [2.05, 4.69) is 0 Å². The summed E-state index contributed by atoms with van der Waals surface area (Å²) in [6, 6.07) is 12.6. The molecule has 1 aliphatic heterocycles. The fourth-order valence-electron chi connectivity index (χ4n) is 2.50. The number of rotatable bonds is 3. The zero-order valence-electron chi connectivity index (χ0n) is 11.4. The van der Waals surface area contributed by atoms with Crippen LogP contribution >= 0.6 is 0 Å². The van der Waals surface area contributed by atoms with Gasteiger partial charge in [0.15, 0.2) is 12.7 Å². The molecule has 1 aliphatic rings. The van der Waals surface area contributed by atoms with Gasteiger partial charge in [-0.15, -0.1) is 0 Å². The van der Waals surface area contributed by atoms with E-state index >= 15 is 0 Å². The summed E-state index contributed by atoms with van der Waals surface area (Å²) < 4.78 is 27.2.